The lowest BCUT2D eigenvalue weighted by molar-refractivity contribution is -0.770. The van der Waals surface area contributed by atoms with E-state index in [1.165, 1.54) is 32.8 Å². The molecule has 1 unspecified atom stereocenters. The van der Waals surface area contributed by atoms with Crippen LogP contribution in [0.2, 0.25) is 0 Å². The Morgan fingerprint density at radius 3 is 2.23 bits per heavy atom. The summed E-state index contributed by atoms with van der Waals surface area (Å²) in [5, 5.41) is 3.47. The van der Waals surface area contributed by atoms with Crippen LogP contribution in [-0.2, 0) is 0 Å². The predicted octanol–water partition coefficient (Wildman–Crippen LogP) is 3.16. The Hall–Kier alpha value is -2.13. The molecule has 0 aromatic heterocycles. The van der Waals surface area contributed by atoms with Crippen LogP contribution >= 0.6 is 0 Å². The molecule has 0 saturated heterocycles. The fraction of sp³-hybridized carbons (Fsp3) is 0.316. The van der Waals surface area contributed by atoms with Crippen molar-refractivity contribution in [1.29, 1.82) is 0 Å². The number of quaternary nitrogens is 1. The smallest absolute Gasteiger partial charge is 0.190 e. The van der Waals surface area contributed by atoms with Crippen molar-refractivity contribution in [3.8, 4) is 0 Å². The van der Waals surface area contributed by atoms with Crippen LogP contribution in [0.25, 0.3) is 0 Å². The molecule has 2 N–H and O–H groups in total. The van der Waals surface area contributed by atoms with Gasteiger partial charge < -0.3 is 5.32 Å². The molecule has 2 aromatic rings. The molecule has 2 aromatic carbocycles. The van der Waals surface area contributed by atoms with Crippen molar-refractivity contribution in [1.82, 2.24) is 0 Å². The summed E-state index contributed by atoms with van der Waals surface area (Å²) in [5.74, 6) is 0. The van der Waals surface area contributed by atoms with Gasteiger partial charge in [-0.25, -0.2) is 4.99 Å². The maximum absolute atomic E-state index is 4.59. The van der Waals surface area contributed by atoms with Crippen molar-refractivity contribution in [2.24, 2.45) is 4.99 Å². The van der Waals surface area contributed by atoms with Crippen LogP contribution in [0.1, 0.15) is 22.3 Å². The molecular formula is C19H26N3+. The SMILES string of the molecule is Cc1ccc(N=C[NH+](C)CNc2ccc(C)cc2C)c(C)c1. The van der Waals surface area contributed by atoms with Gasteiger partial charge in [0.1, 0.15) is 0 Å². The molecule has 0 radical (unpaired) electrons. The van der Waals surface area contributed by atoms with Gasteiger partial charge in [0.15, 0.2) is 13.0 Å². The lowest BCUT2D eigenvalue weighted by atomic mass is 10.1. The number of hydrogen-bond donors (Lipinski definition) is 2. The molecular weight excluding hydrogens is 270 g/mol. The molecule has 0 aliphatic heterocycles. The molecule has 0 saturated carbocycles. The van der Waals surface area contributed by atoms with E-state index in [1.807, 2.05) is 6.34 Å². The van der Waals surface area contributed by atoms with E-state index in [-0.39, 0.29) is 0 Å². The molecule has 0 fully saturated rings. The third-order valence-corrected chi connectivity index (χ3v) is 3.72. The molecule has 3 heteroatoms. The largest absolute Gasteiger partial charge is 0.338 e. The maximum Gasteiger partial charge on any atom is 0.190 e. The first kappa shape index (κ1) is 16.2. The van der Waals surface area contributed by atoms with Gasteiger partial charge in [-0.15, -0.1) is 0 Å². The summed E-state index contributed by atoms with van der Waals surface area (Å²) in [6.07, 6.45) is 1.95. The highest BCUT2D eigenvalue weighted by Gasteiger charge is 2.02. The van der Waals surface area contributed by atoms with E-state index in [0.29, 0.717) is 0 Å². The summed E-state index contributed by atoms with van der Waals surface area (Å²) >= 11 is 0. The number of nitrogens with one attached hydrogen (secondary N) is 2. The zero-order valence-corrected chi connectivity index (χ0v) is 14.2. The molecule has 0 heterocycles. The van der Waals surface area contributed by atoms with Gasteiger partial charge in [0.05, 0.1) is 12.7 Å². The van der Waals surface area contributed by atoms with Crippen molar-refractivity contribution in [2.45, 2.75) is 27.7 Å². The number of hydrogen-bond acceptors (Lipinski definition) is 2. The van der Waals surface area contributed by atoms with Gasteiger partial charge in [0, 0.05) is 5.69 Å². The second-order valence-electron chi connectivity index (χ2n) is 6.07. The van der Waals surface area contributed by atoms with Crippen LogP contribution < -0.4 is 10.2 Å². The Bertz CT molecular complexity index is 674. The van der Waals surface area contributed by atoms with Gasteiger partial charge in [0.2, 0.25) is 0 Å². The maximum atomic E-state index is 4.59. The first-order valence-corrected chi connectivity index (χ1v) is 7.70. The summed E-state index contributed by atoms with van der Waals surface area (Å²) in [5.41, 5.74) is 7.28. The predicted molar refractivity (Wildman–Crippen MR) is 95.4 cm³/mol. The zero-order valence-electron chi connectivity index (χ0n) is 14.2. The number of anilines is 1. The van der Waals surface area contributed by atoms with Crippen LogP contribution in [-0.4, -0.2) is 20.1 Å². The van der Waals surface area contributed by atoms with E-state index in [2.05, 4.69) is 81.5 Å². The van der Waals surface area contributed by atoms with E-state index >= 15 is 0 Å². The average Bonchev–Trinajstić information content (AvgIpc) is 2.45. The fourth-order valence-corrected chi connectivity index (χ4v) is 2.42. The fourth-order valence-electron chi connectivity index (χ4n) is 2.42. The minimum Gasteiger partial charge on any atom is -0.338 e. The van der Waals surface area contributed by atoms with Crippen LogP contribution in [0.4, 0.5) is 11.4 Å². The third-order valence-electron chi connectivity index (χ3n) is 3.72. The Balaban J connectivity index is 1.95. The summed E-state index contributed by atoms with van der Waals surface area (Å²) in [6, 6.07) is 12.8. The van der Waals surface area contributed by atoms with E-state index in [4.69, 9.17) is 0 Å². The molecule has 0 spiro atoms. The number of rotatable bonds is 5. The Morgan fingerprint density at radius 2 is 1.59 bits per heavy atom. The molecule has 0 aliphatic rings. The second kappa shape index (κ2) is 7.23. The van der Waals surface area contributed by atoms with Crippen LogP contribution in [0.3, 0.4) is 0 Å². The highest BCUT2D eigenvalue weighted by atomic mass is 15.2. The van der Waals surface area contributed by atoms with E-state index in [0.717, 1.165) is 12.4 Å². The van der Waals surface area contributed by atoms with E-state index < -0.39 is 0 Å². The summed E-state index contributed by atoms with van der Waals surface area (Å²) in [7, 11) is 2.10. The minimum absolute atomic E-state index is 0.804. The highest BCUT2D eigenvalue weighted by Crippen LogP contribution is 2.18. The first-order valence-electron chi connectivity index (χ1n) is 7.70. The van der Waals surface area contributed by atoms with Crippen LogP contribution in [0.15, 0.2) is 41.4 Å². The summed E-state index contributed by atoms with van der Waals surface area (Å²) in [6.45, 7) is 9.26. The summed E-state index contributed by atoms with van der Waals surface area (Å²) < 4.78 is 0. The normalized spacial score (nSPS) is 12.6. The van der Waals surface area contributed by atoms with Gasteiger partial charge in [-0.3, -0.25) is 4.90 Å². The van der Waals surface area contributed by atoms with Crippen LogP contribution in [0, 0.1) is 27.7 Å². The third kappa shape index (κ3) is 4.43. The molecule has 22 heavy (non-hydrogen) atoms. The Kier molecular flexibility index (Phi) is 5.34. The van der Waals surface area contributed by atoms with Crippen molar-refractivity contribution in [3.05, 3.63) is 58.7 Å². The van der Waals surface area contributed by atoms with Gasteiger partial charge in [0.25, 0.3) is 0 Å². The minimum atomic E-state index is 0.804. The molecule has 3 nitrogen and oxygen atoms in total. The average molecular weight is 296 g/mol. The van der Waals surface area contributed by atoms with Gasteiger partial charge in [-0.1, -0.05) is 35.4 Å². The van der Waals surface area contributed by atoms with Crippen molar-refractivity contribution >= 4 is 17.7 Å². The molecule has 0 aliphatic carbocycles. The number of aryl methyl sites for hydroxylation is 4. The number of benzene rings is 2. The van der Waals surface area contributed by atoms with Gasteiger partial charge in [-0.2, -0.15) is 0 Å². The first-order chi connectivity index (χ1) is 10.5. The zero-order chi connectivity index (χ0) is 16.1. The summed E-state index contributed by atoms with van der Waals surface area (Å²) in [4.78, 5) is 5.80. The number of nitrogens with zero attached hydrogens (tertiary/aromatic N) is 1. The monoisotopic (exact) mass is 296 g/mol. The van der Waals surface area contributed by atoms with Crippen molar-refractivity contribution in [3.63, 3.8) is 0 Å². The molecule has 0 amide bonds. The topological polar surface area (TPSA) is 28.8 Å². The highest BCUT2D eigenvalue weighted by molar-refractivity contribution is 5.57. The van der Waals surface area contributed by atoms with Crippen LogP contribution in [0.5, 0.6) is 0 Å². The lowest BCUT2D eigenvalue weighted by Gasteiger charge is -2.13. The van der Waals surface area contributed by atoms with E-state index in [1.54, 1.807) is 0 Å². The quantitative estimate of drug-likeness (QED) is 0.495. The molecule has 1 atom stereocenters. The van der Waals surface area contributed by atoms with E-state index in [9.17, 15) is 0 Å². The van der Waals surface area contributed by atoms with Crippen molar-refractivity contribution in [2.75, 3.05) is 19.0 Å². The number of aliphatic imine (C=N–C) groups is 1. The Labute approximate surface area is 133 Å². The van der Waals surface area contributed by atoms with Gasteiger partial charge >= 0.3 is 0 Å². The Morgan fingerprint density at radius 1 is 0.955 bits per heavy atom. The molecule has 116 valence electrons. The van der Waals surface area contributed by atoms with Crippen molar-refractivity contribution < 1.29 is 4.90 Å². The molecule has 2 rings (SSSR count). The van der Waals surface area contributed by atoms with Gasteiger partial charge in [-0.05, 0) is 51.0 Å². The lowest BCUT2D eigenvalue weighted by Crippen LogP contribution is -3.09. The molecule has 0 bridgehead atoms. The second-order valence-corrected chi connectivity index (χ2v) is 6.07. The standard InChI is InChI=1S/C19H25N3/c1-14-6-8-18(16(3)10-14)20-12-22(5)13-21-19-9-7-15(2)11-17(19)4/h6-12,21H,13H2,1-5H3/p+1.